The number of nitrogens with zero attached hydrogens (tertiary/aromatic N) is 1. The molecule has 2 fully saturated rings. The second kappa shape index (κ2) is 3.56. The van der Waals surface area contributed by atoms with Gasteiger partial charge in [0.25, 0.3) is 0 Å². The molecule has 2 aliphatic rings. The minimum atomic E-state index is -0.516. The van der Waals surface area contributed by atoms with Crippen LogP contribution in [-0.2, 0) is 0 Å². The first kappa shape index (κ1) is 9.44. The molecule has 2 atom stereocenters. The first-order valence-corrected chi connectivity index (χ1v) is 5.23. The van der Waals surface area contributed by atoms with Crippen molar-refractivity contribution in [1.29, 1.82) is 0 Å². The molecule has 1 heterocycles. The van der Waals surface area contributed by atoms with Crippen molar-refractivity contribution in [2.45, 2.75) is 32.0 Å². The molecule has 0 unspecified atom stereocenters. The van der Waals surface area contributed by atoms with E-state index in [0.717, 1.165) is 18.4 Å². The molecule has 1 saturated heterocycles. The summed E-state index contributed by atoms with van der Waals surface area (Å²) in [7, 11) is 0. The molecule has 1 saturated carbocycles. The Balaban J connectivity index is 1.72. The molecule has 0 amide bonds. The van der Waals surface area contributed by atoms with Crippen LogP contribution in [-0.4, -0.2) is 47.0 Å². The van der Waals surface area contributed by atoms with Gasteiger partial charge in [0.05, 0.1) is 12.2 Å². The maximum absolute atomic E-state index is 9.33. The van der Waals surface area contributed by atoms with Crippen molar-refractivity contribution < 1.29 is 10.2 Å². The average Bonchev–Trinajstić information content (AvgIpc) is 2.28. The molecule has 13 heavy (non-hydrogen) atoms. The summed E-state index contributed by atoms with van der Waals surface area (Å²) >= 11 is 0. The molecule has 2 rings (SSSR count). The molecule has 1 aliphatic carbocycles. The van der Waals surface area contributed by atoms with Crippen molar-refractivity contribution in [3.63, 3.8) is 0 Å². The Morgan fingerprint density at radius 3 is 2.15 bits per heavy atom. The normalized spacial score (nSPS) is 46.4. The number of aliphatic hydroxyl groups is 2. The Morgan fingerprint density at radius 1 is 1.15 bits per heavy atom. The van der Waals surface area contributed by atoms with Gasteiger partial charge in [-0.2, -0.15) is 0 Å². The first-order chi connectivity index (χ1) is 6.15. The van der Waals surface area contributed by atoms with Crippen molar-refractivity contribution in [3.05, 3.63) is 0 Å². The first-order valence-electron chi connectivity index (χ1n) is 5.23. The van der Waals surface area contributed by atoms with Gasteiger partial charge >= 0.3 is 0 Å². The molecular weight excluding hydrogens is 166 g/mol. The van der Waals surface area contributed by atoms with E-state index < -0.39 is 12.2 Å². The van der Waals surface area contributed by atoms with Crippen molar-refractivity contribution in [2.24, 2.45) is 11.8 Å². The molecular formula is C10H19NO2. The second-order valence-electron chi connectivity index (χ2n) is 4.80. The number of β-amino-alcohol motifs (C(OH)–C–C–N with tert-alkyl or cyclic N) is 2. The maximum atomic E-state index is 9.33. The number of hydrogen-bond acceptors (Lipinski definition) is 3. The highest BCUT2D eigenvalue weighted by molar-refractivity contribution is 4.87. The lowest BCUT2D eigenvalue weighted by Gasteiger charge is -2.35. The largest absolute Gasteiger partial charge is 0.389 e. The van der Waals surface area contributed by atoms with Gasteiger partial charge in [0.15, 0.2) is 0 Å². The van der Waals surface area contributed by atoms with Crippen LogP contribution in [0.5, 0.6) is 0 Å². The molecule has 3 heteroatoms. The molecule has 0 aromatic heterocycles. The third kappa shape index (κ3) is 2.03. The highest BCUT2D eigenvalue weighted by atomic mass is 16.3. The zero-order chi connectivity index (χ0) is 9.42. The van der Waals surface area contributed by atoms with Gasteiger partial charge in [0, 0.05) is 19.6 Å². The Bertz CT molecular complexity index is 170. The monoisotopic (exact) mass is 185 g/mol. The van der Waals surface area contributed by atoms with Gasteiger partial charge in [0.2, 0.25) is 0 Å². The van der Waals surface area contributed by atoms with E-state index in [1.165, 1.54) is 12.8 Å². The molecule has 0 bridgehead atoms. The molecule has 76 valence electrons. The van der Waals surface area contributed by atoms with Gasteiger partial charge in [-0.05, 0) is 24.7 Å². The van der Waals surface area contributed by atoms with E-state index in [0.29, 0.717) is 13.1 Å². The molecule has 0 spiro atoms. The van der Waals surface area contributed by atoms with Crippen molar-refractivity contribution in [1.82, 2.24) is 4.90 Å². The topological polar surface area (TPSA) is 43.7 Å². The quantitative estimate of drug-likeness (QED) is 0.640. The SMILES string of the molecule is CC1CC(CN2C[C@@H](O)[C@@H](O)C2)C1. The van der Waals surface area contributed by atoms with E-state index in [-0.39, 0.29) is 0 Å². The number of likely N-dealkylation sites (tertiary alicyclic amines) is 1. The van der Waals surface area contributed by atoms with Gasteiger partial charge in [-0.15, -0.1) is 0 Å². The number of hydrogen-bond donors (Lipinski definition) is 2. The van der Waals surface area contributed by atoms with Crippen LogP contribution in [0.15, 0.2) is 0 Å². The van der Waals surface area contributed by atoms with Gasteiger partial charge < -0.3 is 10.2 Å². The summed E-state index contributed by atoms with van der Waals surface area (Å²) in [5.41, 5.74) is 0. The molecule has 3 nitrogen and oxygen atoms in total. The van der Waals surface area contributed by atoms with Crippen LogP contribution in [0.1, 0.15) is 19.8 Å². The minimum Gasteiger partial charge on any atom is -0.389 e. The van der Waals surface area contributed by atoms with Crippen LogP contribution in [0.2, 0.25) is 0 Å². The molecule has 2 N–H and O–H groups in total. The number of rotatable bonds is 2. The smallest absolute Gasteiger partial charge is 0.0938 e. The summed E-state index contributed by atoms with van der Waals surface area (Å²) in [5, 5.41) is 18.7. The standard InChI is InChI=1S/C10H19NO2/c1-7-2-8(3-7)4-11-5-9(12)10(13)6-11/h7-10,12-13H,2-6H2,1H3/t7?,8?,9-,10+. The highest BCUT2D eigenvalue weighted by Crippen LogP contribution is 2.34. The molecule has 0 aromatic carbocycles. The summed E-state index contributed by atoms with van der Waals surface area (Å²) in [6, 6.07) is 0. The average molecular weight is 185 g/mol. The Hall–Kier alpha value is -0.120. The lowest BCUT2D eigenvalue weighted by molar-refractivity contribution is 0.0572. The minimum absolute atomic E-state index is 0.516. The summed E-state index contributed by atoms with van der Waals surface area (Å²) in [6.45, 7) is 4.67. The van der Waals surface area contributed by atoms with Crippen molar-refractivity contribution in [3.8, 4) is 0 Å². The third-order valence-electron chi connectivity index (χ3n) is 3.32. The fourth-order valence-corrected chi connectivity index (χ4v) is 2.58. The predicted molar refractivity (Wildman–Crippen MR) is 50.3 cm³/mol. The van der Waals surface area contributed by atoms with E-state index >= 15 is 0 Å². The van der Waals surface area contributed by atoms with Crippen LogP contribution >= 0.6 is 0 Å². The fraction of sp³-hybridized carbons (Fsp3) is 1.00. The van der Waals surface area contributed by atoms with E-state index in [9.17, 15) is 10.2 Å². The van der Waals surface area contributed by atoms with Crippen LogP contribution in [0.4, 0.5) is 0 Å². The van der Waals surface area contributed by atoms with Gasteiger partial charge in [0.1, 0.15) is 0 Å². The zero-order valence-electron chi connectivity index (χ0n) is 8.19. The highest BCUT2D eigenvalue weighted by Gasteiger charge is 2.33. The van der Waals surface area contributed by atoms with Crippen LogP contribution in [0.25, 0.3) is 0 Å². The van der Waals surface area contributed by atoms with Gasteiger partial charge in [-0.3, -0.25) is 4.90 Å². The lowest BCUT2D eigenvalue weighted by Crippen LogP contribution is -2.34. The van der Waals surface area contributed by atoms with Crippen LogP contribution in [0.3, 0.4) is 0 Å². The second-order valence-corrected chi connectivity index (χ2v) is 4.80. The van der Waals surface area contributed by atoms with E-state index in [1.54, 1.807) is 0 Å². The van der Waals surface area contributed by atoms with Crippen LogP contribution < -0.4 is 0 Å². The summed E-state index contributed by atoms with van der Waals surface area (Å²) < 4.78 is 0. The summed E-state index contributed by atoms with van der Waals surface area (Å²) in [6.07, 6.45) is 1.61. The fourth-order valence-electron chi connectivity index (χ4n) is 2.58. The van der Waals surface area contributed by atoms with Crippen molar-refractivity contribution >= 4 is 0 Å². The van der Waals surface area contributed by atoms with Gasteiger partial charge in [-0.1, -0.05) is 6.92 Å². The molecule has 1 aliphatic heterocycles. The predicted octanol–water partition coefficient (Wildman–Crippen LogP) is 0.0699. The van der Waals surface area contributed by atoms with E-state index in [2.05, 4.69) is 11.8 Å². The summed E-state index contributed by atoms with van der Waals surface area (Å²) in [4.78, 5) is 2.19. The summed E-state index contributed by atoms with van der Waals surface area (Å²) in [5.74, 6) is 1.70. The number of aliphatic hydroxyl groups excluding tert-OH is 2. The molecule has 0 aromatic rings. The van der Waals surface area contributed by atoms with E-state index in [1.807, 2.05) is 0 Å². The van der Waals surface area contributed by atoms with E-state index in [4.69, 9.17) is 0 Å². The lowest BCUT2D eigenvalue weighted by atomic mass is 9.76. The maximum Gasteiger partial charge on any atom is 0.0938 e. The van der Waals surface area contributed by atoms with Gasteiger partial charge in [-0.25, -0.2) is 0 Å². The van der Waals surface area contributed by atoms with Crippen molar-refractivity contribution in [2.75, 3.05) is 19.6 Å². The Kier molecular flexibility index (Phi) is 2.58. The Morgan fingerprint density at radius 2 is 1.69 bits per heavy atom. The van der Waals surface area contributed by atoms with Crippen LogP contribution in [0, 0.1) is 11.8 Å². The zero-order valence-corrected chi connectivity index (χ0v) is 8.19. The Labute approximate surface area is 79.4 Å². The molecule has 0 radical (unpaired) electrons. The third-order valence-corrected chi connectivity index (χ3v) is 3.32.